The van der Waals surface area contributed by atoms with Crippen LogP contribution in [0.1, 0.15) is 32.3 Å². The van der Waals surface area contributed by atoms with Crippen molar-refractivity contribution in [2.75, 3.05) is 32.8 Å². The van der Waals surface area contributed by atoms with E-state index in [-0.39, 0.29) is 11.9 Å². The summed E-state index contributed by atoms with van der Waals surface area (Å²) in [7, 11) is 0. The van der Waals surface area contributed by atoms with E-state index in [9.17, 15) is 4.79 Å². The Balaban J connectivity index is 1.78. The van der Waals surface area contributed by atoms with Gasteiger partial charge in [0.05, 0.1) is 19.7 Å². The Morgan fingerprint density at radius 3 is 2.91 bits per heavy atom. The smallest absolute Gasteiger partial charge is 0.314 e. The first-order valence-corrected chi connectivity index (χ1v) is 8.45. The fraction of sp³-hybridized carbons (Fsp3) is 0.611. The normalized spacial score (nSPS) is 21.4. The first kappa shape index (κ1) is 16.8. The zero-order chi connectivity index (χ0) is 15.8. The molecule has 0 bridgehead atoms. The molecule has 1 unspecified atom stereocenters. The van der Waals surface area contributed by atoms with Crippen molar-refractivity contribution >= 4 is 5.97 Å². The highest BCUT2D eigenvalue weighted by Crippen LogP contribution is 2.17. The van der Waals surface area contributed by atoms with Gasteiger partial charge < -0.3 is 14.4 Å². The Kier molecular flexibility index (Phi) is 6.72. The molecule has 122 valence electrons. The van der Waals surface area contributed by atoms with Gasteiger partial charge in [0.1, 0.15) is 24.8 Å². The van der Waals surface area contributed by atoms with Crippen LogP contribution in [0.2, 0.25) is 0 Å². The molecule has 1 saturated heterocycles. The number of benzene rings is 1. The molecule has 1 aromatic carbocycles. The van der Waals surface area contributed by atoms with Crippen LogP contribution in [0.3, 0.4) is 0 Å². The van der Waals surface area contributed by atoms with Gasteiger partial charge in [-0.1, -0.05) is 25.1 Å². The molecule has 1 fully saturated rings. The predicted molar refractivity (Wildman–Crippen MR) is 86.2 cm³/mol. The molecule has 0 aromatic heterocycles. The molecule has 1 aromatic rings. The van der Waals surface area contributed by atoms with Gasteiger partial charge in [-0.15, -0.1) is 0 Å². The molecule has 22 heavy (non-hydrogen) atoms. The first-order chi connectivity index (χ1) is 10.7. The standard InChI is InChI=1S/C18H27NO3/c1-3-15-8-5-6-10-17(15)22-13-12-19-11-7-9-16(14-19)18(20)21-4-2/h5-6,8,10,16H,3-4,7,9,11-14H2,1-2H3/p+1/t16-/m1/s1. The van der Waals surface area contributed by atoms with Gasteiger partial charge in [0.2, 0.25) is 0 Å². The summed E-state index contributed by atoms with van der Waals surface area (Å²) in [4.78, 5) is 13.3. The van der Waals surface area contributed by atoms with E-state index in [1.807, 2.05) is 25.1 Å². The number of quaternary nitrogens is 1. The number of esters is 1. The van der Waals surface area contributed by atoms with E-state index < -0.39 is 0 Å². The van der Waals surface area contributed by atoms with Crippen LogP contribution in [0.4, 0.5) is 0 Å². The fourth-order valence-corrected chi connectivity index (χ4v) is 3.08. The lowest BCUT2D eigenvalue weighted by Crippen LogP contribution is -3.14. The molecule has 0 spiro atoms. The van der Waals surface area contributed by atoms with Crippen molar-refractivity contribution in [3.63, 3.8) is 0 Å². The third kappa shape index (κ3) is 4.73. The van der Waals surface area contributed by atoms with Crippen molar-refractivity contribution in [2.45, 2.75) is 33.1 Å². The second kappa shape index (κ2) is 8.79. The van der Waals surface area contributed by atoms with E-state index in [1.165, 1.54) is 10.5 Å². The lowest BCUT2D eigenvalue weighted by molar-refractivity contribution is -0.907. The fourth-order valence-electron chi connectivity index (χ4n) is 3.08. The maximum atomic E-state index is 11.9. The quantitative estimate of drug-likeness (QED) is 0.776. The van der Waals surface area contributed by atoms with Crippen LogP contribution in [0, 0.1) is 5.92 Å². The number of hydrogen-bond acceptors (Lipinski definition) is 3. The van der Waals surface area contributed by atoms with Gasteiger partial charge in [0.15, 0.2) is 0 Å². The van der Waals surface area contributed by atoms with Crippen molar-refractivity contribution in [2.24, 2.45) is 5.92 Å². The third-order valence-electron chi connectivity index (χ3n) is 4.30. The number of carbonyl (C=O) groups is 1. The topological polar surface area (TPSA) is 40.0 Å². The number of carbonyl (C=O) groups excluding carboxylic acids is 1. The van der Waals surface area contributed by atoms with E-state index in [2.05, 4.69) is 13.0 Å². The Morgan fingerprint density at radius 2 is 2.14 bits per heavy atom. The van der Waals surface area contributed by atoms with Crippen LogP contribution in [0.15, 0.2) is 24.3 Å². The Morgan fingerprint density at radius 1 is 1.32 bits per heavy atom. The molecule has 0 saturated carbocycles. The van der Waals surface area contributed by atoms with Crippen molar-refractivity contribution in [3.8, 4) is 5.75 Å². The Labute approximate surface area is 133 Å². The zero-order valence-corrected chi connectivity index (χ0v) is 13.8. The molecular formula is C18H28NO3+. The molecule has 4 heteroatoms. The SMILES string of the molecule is CCOC(=O)[C@@H]1CCC[NH+](CCOc2ccccc2CC)C1. The molecule has 4 nitrogen and oxygen atoms in total. The van der Waals surface area contributed by atoms with Gasteiger partial charge in [0.25, 0.3) is 0 Å². The van der Waals surface area contributed by atoms with Crippen LogP contribution >= 0.6 is 0 Å². The van der Waals surface area contributed by atoms with E-state index in [1.54, 1.807) is 0 Å². The second-order valence-electron chi connectivity index (χ2n) is 5.86. The summed E-state index contributed by atoms with van der Waals surface area (Å²) in [5, 5.41) is 0. The minimum Gasteiger partial charge on any atom is -0.487 e. The molecule has 1 N–H and O–H groups in total. The second-order valence-corrected chi connectivity index (χ2v) is 5.86. The number of piperidine rings is 1. The van der Waals surface area contributed by atoms with Crippen molar-refractivity contribution in [1.82, 2.24) is 0 Å². The largest absolute Gasteiger partial charge is 0.487 e. The highest BCUT2D eigenvalue weighted by molar-refractivity contribution is 5.72. The summed E-state index contributed by atoms with van der Waals surface area (Å²) in [6.45, 7) is 8.11. The van der Waals surface area contributed by atoms with Crippen molar-refractivity contribution in [3.05, 3.63) is 29.8 Å². The predicted octanol–water partition coefficient (Wildman–Crippen LogP) is 1.49. The van der Waals surface area contributed by atoms with Crippen molar-refractivity contribution in [1.29, 1.82) is 0 Å². The number of ether oxygens (including phenoxy) is 2. The van der Waals surface area contributed by atoms with E-state index in [0.717, 1.165) is 44.6 Å². The molecule has 2 atom stereocenters. The highest BCUT2D eigenvalue weighted by Gasteiger charge is 2.29. The first-order valence-electron chi connectivity index (χ1n) is 8.45. The minimum atomic E-state index is -0.0306. The number of nitrogens with one attached hydrogen (secondary N) is 1. The Bertz CT molecular complexity index is 475. The lowest BCUT2D eigenvalue weighted by Gasteiger charge is -2.28. The summed E-state index contributed by atoms with van der Waals surface area (Å²) < 4.78 is 11.1. The minimum absolute atomic E-state index is 0.0306. The van der Waals surface area contributed by atoms with Gasteiger partial charge in [-0.2, -0.15) is 0 Å². The molecule has 2 rings (SSSR count). The molecule has 0 radical (unpaired) electrons. The monoisotopic (exact) mass is 306 g/mol. The molecule has 1 aliphatic rings. The van der Waals surface area contributed by atoms with Gasteiger partial charge in [-0.05, 0) is 37.8 Å². The van der Waals surface area contributed by atoms with Gasteiger partial charge in [-0.25, -0.2) is 0 Å². The van der Waals surface area contributed by atoms with Crippen LogP contribution in [-0.4, -0.2) is 38.8 Å². The highest BCUT2D eigenvalue weighted by atomic mass is 16.5. The van der Waals surface area contributed by atoms with Gasteiger partial charge in [-0.3, -0.25) is 4.79 Å². The lowest BCUT2D eigenvalue weighted by atomic mass is 9.98. The van der Waals surface area contributed by atoms with Crippen LogP contribution in [0.5, 0.6) is 5.75 Å². The number of likely N-dealkylation sites (tertiary alicyclic amines) is 1. The Hall–Kier alpha value is -1.55. The number of hydrogen-bond donors (Lipinski definition) is 1. The molecule has 1 heterocycles. The number of rotatable bonds is 7. The van der Waals surface area contributed by atoms with E-state index >= 15 is 0 Å². The number of aryl methyl sites for hydroxylation is 1. The molecule has 1 aliphatic heterocycles. The number of para-hydroxylation sites is 1. The molecular weight excluding hydrogens is 278 g/mol. The maximum absolute atomic E-state index is 11.9. The summed E-state index contributed by atoms with van der Waals surface area (Å²) in [6, 6.07) is 8.20. The van der Waals surface area contributed by atoms with E-state index in [0.29, 0.717) is 13.2 Å². The molecule has 0 amide bonds. The van der Waals surface area contributed by atoms with Crippen LogP contribution in [-0.2, 0) is 16.0 Å². The van der Waals surface area contributed by atoms with Gasteiger partial charge in [0, 0.05) is 0 Å². The van der Waals surface area contributed by atoms with Gasteiger partial charge >= 0.3 is 5.97 Å². The van der Waals surface area contributed by atoms with Crippen LogP contribution < -0.4 is 9.64 Å². The summed E-state index contributed by atoms with van der Waals surface area (Å²) in [6.07, 6.45) is 3.03. The summed E-state index contributed by atoms with van der Waals surface area (Å²) in [5.41, 5.74) is 1.25. The average Bonchev–Trinajstić information content (AvgIpc) is 2.56. The zero-order valence-electron chi connectivity index (χ0n) is 13.8. The average molecular weight is 306 g/mol. The third-order valence-corrected chi connectivity index (χ3v) is 4.30. The van der Waals surface area contributed by atoms with Crippen LogP contribution in [0.25, 0.3) is 0 Å². The summed E-state index contributed by atoms with van der Waals surface area (Å²) in [5.74, 6) is 1.02. The van der Waals surface area contributed by atoms with E-state index in [4.69, 9.17) is 9.47 Å². The maximum Gasteiger partial charge on any atom is 0.314 e. The van der Waals surface area contributed by atoms with Crippen molar-refractivity contribution < 1.29 is 19.2 Å². The summed E-state index contributed by atoms with van der Waals surface area (Å²) >= 11 is 0. The molecule has 0 aliphatic carbocycles.